The van der Waals surface area contributed by atoms with Crippen LogP contribution in [0.25, 0.3) is 0 Å². The summed E-state index contributed by atoms with van der Waals surface area (Å²) in [7, 11) is 0. The average Bonchev–Trinajstić information content (AvgIpc) is 2.16. The van der Waals surface area contributed by atoms with Crippen LogP contribution in [0.3, 0.4) is 0 Å². The minimum absolute atomic E-state index is 0.116. The van der Waals surface area contributed by atoms with Crippen LogP contribution in [0, 0.1) is 0 Å². The first-order valence-electron chi connectivity index (χ1n) is 3.97. The van der Waals surface area contributed by atoms with E-state index in [1.54, 1.807) is 12.1 Å². The molecule has 0 bridgehead atoms. The van der Waals surface area contributed by atoms with Crippen molar-refractivity contribution in [1.29, 1.82) is 0 Å². The number of nitrogens with two attached hydrogens (primary N) is 1. The topological polar surface area (TPSA) is 63.3 Å². The first-order chi connectivity index (χ1) is 6.57. The van der Waals surface area contributed by atoms with E-state index in [0.717, 1.165) is 0 Å². The van der Waals surface area contributed by atoms with E-state index in [9.17, 15) is 4.79 Å². The van der Waals surface area contributed by atoms with E-state index in [-0.39, 0.29) is 5.56 Å². The highest BCUT2D eigenvalue weighted by molar-refractivity contribution is 6.31. The maximum absolute atomic E-state index is 10.8. The Kier molecular flexibility index (Phi) is 3.28. The smallest absolute Gasteiger partial charge is 0.336 e. The highest BCUT2D eigenvalue weighted by Gasteiger charge is 2.16. The first kappa shape index (κ1) is 10.8. The number of carboxylic acids is 1. The van der Waals surface area contributed by atoms with Gasteiger partial charge in [-0.05, 0) is 12.1 Å². The summed E-state index contributed by atoms with van der Waals surface area (Å²) in [5.41, 5.74) is 6.18. The van der Waals surface area contributed by atoms with Gasteiger partial charge in [-0.3, -0.25) is 0 Å². The summed E-state index contributed by atoms with van der Waals surface area (Å²) in [6.45, 7) is 3.50. The van der Waals surface area contributed by atoms with E-state index < -0.39 is 12.0 Å². The standard InChI is InChI=1S/C10H10ClNO2/c1-2-8(12)9-6(10(13)14)4-3-5-7(9)11/h2-5,8H,1,12H2,(H,13,14)/t8-/m0/s1. The summed E-state index contributed by atoms with van der Waals surface area (Å²) in [5, 5.41) is 9.23. The monoisotopic (exact) mass is 211 g/mol. The molecule has 0 aliphatic heterocycles. The molecule has 0 aromatic heterocycles. The zero-order valence-electron chi connectivity index (χ0n) is 7.40. The Morgan fingerprint density at radius 3 is 2.79 bits per heavy atom. The summed E-state index contributed by atoms with van der Waals surface area (Å²) < 4.78 is 0. The van der Waals surface area contributed by atoms with E-state index in [4.69, 9.17) is 22.4 Å². The molecule has 0 amide bonds. The molecule has 0 radical (unpaired) electrons. The molecule has 3 nitrogen and oxygen atoms in total. The molecule has 4 heteroatoms. The van der Waals surface area contributed by atoms with E-state index in [2.05, 4.69) is 6.58 Å². The molecule has 0 saturated heterocycles. The summed E-state index contributed by atoms with van der Waals surface area (Å²) in [6, 6.07) is 4.08. The predicted octanol–water partition coefficient (Wildman–Crippen LogP) is 2.22. The van der Waals surface area contributed by atoms with Gasteiger partial charge < -0.3 is 10.8 Å². The SMILES string of the molecule is C=C[C@H](N)c1c(Cl)cccc1C(=O)O. The van der Waals surface area contributed by atoms with Gasteiger partial charge in [0, 0.05) is 10.6 Å². The molecule has 0 fully saturated rings. The largest absolute Gasteiger partial charge is 0.478 e. The van der Waals surface area contributed by atoms with Gasteiger partial charge in [0.25, 0.3) is 0 Å². The molecule has 1 aromatic carbocycles. The normalized spacial score (nSPS) is 12.1. The number of aromatic carboxylic acids is 1. The minimum atomic E-state index is -1.04. The summed E-state index contributed by atoms with van der Waals surface area (Å²) >= 11 is 5.86. The van der Waals surface area contributed by atoms with E-state index in [0.29, 0.717) is 10.6 Å². The van der Waals surface area contributed by atoms with Crippen LogP contribution in [-0.4, -0.2) is 11.1 Å². The maximum atomic E-state index is 10.8. The van der Waals surface area contributed by atoms with Gasteiger partial charge in [0.15, 0.2) is 0 Å². The van der Waals surface area contributed by atoms with E-state index >= 15 is 0 Å². The fourth-order valence-electron chi connectivity index (χ4n) is 1.18. The minimum Gasteiger partial charge on any atom is -0.478 e. The van der Waals surface area contributed by atoms with Crippen LogP contribution in [0.5, 0.6) is 0 Å². The summed E-state index contributed by atoms with van der Waals surface area (Å²) in [4.78, 5) is 10.8. The van der Waals surface area contributed by atoms with Gasteiger partial charge in [-0.15, -0.1) is 6.58 Å². The van der Waals surface area contributed by atoms with Crippen molar-refractivity contribution >= 4 is 17.6 Å². The lowest BCUT2D eigenvalue weighted by Gasteiger charge is -2.11. The summed E-state index contributed by atoms with van der Waals surface area (Å²) in [6.07, 6.45) is 1.45. The van der Waals surface area contributed by atoms with Crippen LogP contribution >= 0.6 is 11.6 Å². The van der Waals surface area contributed by atoms with Crippen LogP contribution in [0.4, 0.5) is 0 Å². The molecule has 1 atom stereocenters. The highest BCUT2D eigenvalue weighted by Crippen LogP contribution is 2.25. The van der Waals surface area contributed by atoms with Crippen molar-refractivity contribution in [1.82, 2.24) is 0 Å². The lowest BCUT2D eigenvalue weighted by atomic mass is 10.0. The lowest BCUT2D eigenvalue weighted by molar-refractivity contribution is 0.0695. The predicted molar refractivity (Wildman–Crippen MR) is 55.5 cm³/mol. The Morgan fingerprint density at radius 1 is 1.64 bits per heavy atom. The Labute approximate surface area is 86.8 Å². The Hall–Kier alpha value is -1.32. The third-order valence-electron chi connectivity index (χ3n) is 1.87. The van der Waals surface area contributed by atoms with Crippen molar-refractivity contribution in [3.8, 4) is 0 Å². The Morgan fingerprint density at radius 2 is 2.29 bits per heavy atom. The number of hydrogen-bond donors (Lipinski definition) is 2. The molecule has 1 aromatic rings. The van der Waals surface area contributed by atoms with Crippen molar-refractivity contribution in [3.63, 3.8) is 0 Å². The molecule has 14 heavy (non-hydrogen) atoms. The van der Waals surface area contributed by atoms with Crippen molar-refractivity contribution in [3.05, 3.63) is 47.0 Å². The molecular weight excluding hydrogens is 202 g/mol. The number of halogens is 1. The molecule has 1 rings (SSSR count). The van der Waals surface area contributed by atoms with Gasteiger partial charge in [0.05, 0.1) is 11.6 Å². The number of rotatable bonds is 3. The fourth-order valence-corrected chi connectivity index (χ4v) is 1.48. The summed E-state index contributed by atoms with van der Waals surface area (Å²) in [5.74, 6) is -1.04. The highest BCUT2D eigenvalue weighted by atomic mass is 35.5. The number of benzene rings is 1. The molecule has 0 spiro atoms. The Bertz CT molecular complexity index is 376. The average molecular weight is 212 g/mol. The van der Waals surface area contributed by atoms with Crippen LogP contribution < -0.4 is 5.73 Å². The van der Waals surface area contributed by atoms with Crippen LogP contribution in [0.15, 0.2) is 30.9 Å². The van der Waals surface area contributed by atoms with Crippen LogP contribution in [0.2, 0.25) is 5.02 Å². The Balaban J connectivity index is 3.36. The van der Waals surface area contributed by atoms with Crippen molar-refractivity contribution < 1.29 is 9.90 Å². The lowest BCUT2D eigenvalue weighted by Crippen LogP contribution is -2.13. The molecule has 3 N–H and O–H groups in total. The molecule has 74 valence electrons. The maximum Gasteiger partial charge on any atom is 0.336 e. The van der Waals surface area contributed by atoms with Crippen molar-refractivity contribution in [2.45, 2.75) is 6.04 Å². The first-order valence-corrected chi connectivity index (χ1v) is 4.35. The third kappa shape index (κ3) is 1.95. The fraction of sp³-hybridized carbons (Fsp3) is 0.100. The van der Waals surface area contributed by atoms with E-state index in [1.165, 1.54) is 12.1 Å². The molecule has 0 aliphatic carbocycles. The van der Waals surface area contributed by atoms with Crippen molar-refractivity contribution in [2.24, 2.45) is 5.73 Å². The van der Waals surface area contributed by atoms with E-state index in [1.807, 2.05) is 0 Å². The molecule has 0 aliphatic rings. The van der Waals surface area contributed by atoms with Gasteiger partial charge in [0.2, 0.25) is 0 Å². The van der Waals surface area contributed by atoms with Crippen molar-refractivity contribution in [2.75, 3.05) is 0 Å². The molecule has 0 unspecified atom stereocenters. The van der Waals surface area contributed by atoms with Gasteiger partial charge in [-0.25, -0.2) is 4.79 Å². The zero-order chi connectivity index (χ0) is 10.7. The zero-order valence-corrected chi connectivity index (χ0v) is 8.16. The van der Waals surface area contributed by atoms with Crippen LogP contribution in [0.1, 0.15) is 22.0 Å². The van der Waals surface area contributed by atoms with Crippen LogP contribution in [-0.2, 0) is 0 Å². The van der Waals surface area contributed by atoms with Gasteiger partial charge in [-0.1, -0.05) is 23.7 Å². The molecular formula is C10H10ClNO2. The number of hydrogen-bond acceptors (Lipinski definition) is 2. The third-order valence-corrected chi connectivity index (χ3v) is 2.20. The van der Waals surface area contributed by atoms with Gasteiger partial charge in [0.1, 0.15) is 0 Å². The van der Waals surface area contributed by atoms with Gasteiger partial charge >= 0.3 is 5.97 Å². The van der Waals surface area contributed by atoms with Gasteiger partial charge in [-0.2, -0.15) is 0 Å². The molecule has 0 saturated carbocycles. The second kappa shape index (κ2) is 4.26. The second-order valence-electron chi connectivity index (χ2n) is 2.77. The number of carboxylic acid groups (broad SMARTS) is 1. The second-order valence-corrected chi connectivity index (χ2v) is 3.17. The number of carbonyl (C=O) groups is 1. The quantitative estimate of drug-likeness (QED) is 0.754. The molecule has 0 heterocycles.